The van der Waals surface area contributed by atoms with Crippen molar-refractivity contribution in [1.29, 1.82) is 0 Å². The molecule has 1 aromatic rings. The second-order valence-electron chi connectivity index (χ2n) is 6.52. The fraction of sp³-hybridized carbons (Fsp3) is 0.529. The van der Waals surface area contributed by atoms with E-state index < -0.39 is 0 Å². The lowest BCUT2D eigenvalue weighted by Crippen LogP contribution is -2.44. The lowest BCUT2D eigenvalue weighted by molar-refractivity contribution is -0.120. The Hall–Kier alpha value is -2.11. The minimum atomic E-state index is -0.382. The maximum Gasteiger partial charge on any atom is 0.315 e. The molecule has 0 aliphatic heterocycles. The van der Waals surface area contributed by atoms with E-state index >= 15 is 0 Å². The van der Waals surface area contributed by atoms with Crippen LogP contribution in [0.1, 0.15) is 32.3 Å². The van der Waals surface area contributed by atoms with Crippen LogP contribution in [0.3, 0.4) is 0 Å². The van der Waals surface area contributed by atoms with Crippen LogP contribution < -0.4 is 16.0 Å². The number of rotatable bonds is 7. The van der Waals surface area contributed by atoms with E-state index in [1.807, 2.05) is 19.9 Å². The summed E-state index contributed by atoms with van der Waals surface area (Å²) in [4.78, 5) is 23.3. The Kier molecular flexibility index (Phi) is 5.58. The summed E-state index contributed by atoms with van der Waals surface area (Å²) in [6.07, 6.45) is 1.84. The summed E-state index contributed by atoms with van der Waals surface area (Å²) in [6, 6.07) is 6.12. The van der Waals surface area contributed by atoms with Crippen molar-refractivity contribution in [2.24, 2.45) is 5.92 Å². The Labute approximate surface area is 136 Å². The molecule has 126 valence electrons. The van der Waals surface area contributed by atoms with Crippen LogP contribution >= 0.6 is 0 Å². The van der Waals surface area contributed by atoms with Crippen LogP contribution in [0.5, 0.6) is 0 Å². The van der Waals surface area contributed by atoms with Gasteiger partial charge in [-0.2, -0.15) is 0 Å². The molecule has 0 saturated heterocycles. The molecule has 3 amide bonds. The zero-order valence-corrected chi connectivity index (χ0v) is 13.6. The Morgan fingerprint density at radius 3 is 2.57 bits per heavy atom. The molecule has 0 heterocycles. The van der Waals surface area contributed by atoms with Gasteiger partial charge in [-0.3, -0.25) is 4.79 Å². The minimum Gasteiger partial charge on any atom is -0.354 e. The van der Waals surface area contributed by atoms with Crippen molar-refractivity contribution in [3.63, 3.8) is 0 Å². The summed E-state index contributed by atoms with van der Waals surface area (Å²) < 4.78 is 13.3. The number of carbonyl (C=O) groups excluding carboxylic acids is 2. The largest absolute Gasteiger partial charge is 0.354 e. The number of urea groups is 1. The molecule has 0 spiro atoms. The van der Waals surface area contributed by atoms with Gasteiger partial charge in [-0.1, -0.05) is 26.0 Å². The van der Waals surface area contributed by atoms with Gasteiger partial charge in [0.2, 0.25) is 5.91 Å². The van der Waals surface area contributed by atoms with Crippen LogP contribution in [0, 0.1) is 11.7 Å². The van der Waals surface area contributed by atoms with Crippen LogP contribution in [0.25, 0.3) is 0 Å². The third-order valence-electron chi connectivity index (χ3n) is 3.99. The summed E-state index contributed by atoms with van der Waals surface area (Å²) in [6.45, 7) is 4.98. The van der Waals surface area contributed by atoms with Crippen molar-refractivity contribution in [3.8, 4) is 0 Å². The van der Waals surface area contributed by atoms with Gasteiger partial charge in [0.25, 0.3) is 0 Å². The van der Waals surface area contributed by atoms with E-state index in [1.165, 1.54) is 12.1 Å². The Morgan fingerprint density at radius 1 is 1.22 bits per heavy atom. The van der Waals surface area contributed by atoms with Gasteiger partial charge in [-0.05, 0) is 36.5 Å². The van der Waals surface area contributed by atoms with Crippen molar-refractivity contribution < 1.29 is 14.0 Å². The van der Waals surface area contributed by atoms with Crippen molar-refractivity contribution in [3.05, 3.63) is 35.6 Å². The van der Waals surface area contributed by atoms with E-state index in [4.69, 9.17) is 0 Å². The molecule has 3 N–H and O–H groups in total. The fourth-order valence-corrected chi connectivity index (χ4v) is 2.39. The highest BCUT2D eigenvalue weighted by Crippen LogP contribution is 2.47. The van der Waals surface area contributed by atoms with Crippen molar-refractivity contribution in [2.75, 3.05) is 19.6 Å². The van der Waals surface area contributed by atoms with E-state index in [2.05, 4.69) is 16.0 Å². The van der Waals surface area contributed by atoms with Crippen LogP contribution in [0.2, 0.25) is 0 Å². The van der Waals surface area contributed by atoms with E-state index in [0.29, 0.717) is 19.0 Å². The van der Waals surface area contributed by atoms with E-state index in [0.717, 1.165) is 18.4 Å². The van der Waals surface area contributed by atoms with E-state index in [1.54, 1.807) is 6.07 Å². The lowest BCUT2D eigenvalue weighted by Gasteiger charge is -2.17. The molecular formula is C17H24FN3O2. The molecule has 0 aromatic heterocycles. The predicted octanol–water partition coefficient (Wildman–Crippen LogP) is 1.93. The number of hydrogen-bond acceptors (Lipinski definition) is 2. The highest BCUT2D eigenvalue weighted by molar-refractivity contribution is 5.83. The highest BCUT2D eigenvalue weighted by atomic mass is 19.1. The van der Waals surface area contributed by atoms with Crippen molar-refractivity contribution in [2.45, 2.75) is 32.1 Å². The zero-order chi connectivity index (χ0) is 16.9. The average Bonchev–Trinajstić information content (AvgIpc) is 3.30. The molecule has 1 saturated carbocycles. The van der Waals surface area contributed by atoms with Gasteiger partial charge < -0.3 is 16.0 Å². The number of benzene rings is 1. The van der Waals surface area contributed by atoms with Crippen molar-refractivity contribution in [1.82, 2.24) is 16.0 Å². The standard InChI is InChI=1S/C17H24FN3O2/c1-12(2)9-19-15(22)10-20-16(23)21-11-17(6-7-17)13-4-3-5-14(18)8-13/h3-5,8,12H,6-7,9-11H2,1-2H3,(H,19,22)(H2,20,21,23). The SMILES string of the molecule is CC(C)CNC(=O)CNC(=O)NCC1(c2cccc(F)c2)CC1. The number of carbonyl (C=O) groups is 2. The Bertz CT molecular complexity index is 571. The Morgan fingerprint density at radius 2 is 1.96 bits per heavy atom. The van der Waals surface area contributed by atoms with E-state index in [-0.39, 0.29) is 29.7 Å². The van der Waals surface area contributed by atoms with Gasteiger partial charge in [0.1, 0.15) is 5.82 Å². The summed E-state index contributed by atoms with van der Waals surface area (Å²) in [7, 11) is 0. The van der Waals surface area contributed by atoms with Gasteiger partial charge in [-0.15, -0.1) is 0 Å². The Balaban J connectivity index is 1.73. The van der Waals surface area contributed by atoms with Gasteiger partial charge in [-0.25, -0.2) is 9.18 Å². The number of nitrogens with one attached hydrogen (secondary N) is 3. The first-order valence-electron chi connectivity index (χ1n) is 7.96. The maximum atomic E-state index is 13.3. The molecule has 0 unspecified atom stereocenters. The van der Waals surface area contributed by atoms with E-state index in [9.17, 15) is 14.0 Å². The summed E-state index contributed by atoms with van der Waals surface area (Å²) >= 11 is 0. The first kappa shape index (κ1) is 17.2. The van der Waals surface area contributed by atoms with Crippen LogP contribution in [-0.4, -0.2) is 31.6 Å². The molecule has 1 aromatic carbocycles. The van der Waals surface area contributed by atoms with Crippen LogP contribution in [-0.2, 0) is 10.2 Å². The molecular weight excluding hydrogens is 297 g/mol. The van der Waals surface area contributed by atoms with Gasteiger partial charge in [0.15, 0.2) is 0 Å². The highest BCUT2D eigenvalue weighted by Gasteiger charge is 2.44. The van der Waals surface area contributed by atoms with Crippen LogP contribution in [0.4, 0.5) is 9.18 Å². The van der Waals surface area contributed by atoms with Crippen molar-refractivity contribution >= 4 is 11.9 Å². The second kappa shape index (κ2) is 7.44. The molecule has 2 rings (SSSR count). The topological polar surface area (TPSA) is 70.2 Å². The number of hydrogen-bond donors (Lipinski definition) is 3. The molecule has 1 fully saturated rings. The lowest BCUT2D eigenvalue weighted by atomic mass is 9.96. The molecule has 6 heteroatoms. The maximum absolute atomic E-state index is 13.3. The minimum absolute atomic E-state index is 0.0501. The molecule has 0 atom stereocenters. The normalized spacial score (nSPS) is 15.1. The van der Waals surface area contributed by atoms with Gasteiger partial charge >= 0.3 is 6.03 Å². The molecule has 0 bridgehead atoms. The third kappa shape index (κ3) is 5.23. The molecule has 1 aliphatic rings. The quantitative estimate of drug-likeness (QED) is 0.718. The molecule has 5 nitrogen and oxygen atoms in total. The smallest absolute Gasteiger partial charge is 0.315 e. The number of halogens is 1. The molecule has 23 heavy (non-hydrogen) atoms. The van der Waals surface area contributed by atoms with Crippen LogP contribution in [0.15, 0.2) is 24.3 Å². The average molecular weight is 321 g/mol. The van der Waals surface area contributed by atoms with Gasteiger partial charge in [0, 0.05) is 18.5 Å². The summed E-state index contributed by atoms with van der Waals surface area (Å²) in [5, 5.41) is 8.04. The fourth-order valence-electron chi connectivity index (χ4n) is 2.39. The third-order valence-corrected chi connectivity index (χ3v) is 3.99. The van der Waals surface area contributed by atoms with Gasteiger partial charge in [0.05, 0.1) is 6.54 Å². The second-order valence-corrected chi connectivity index (χ2v) is 6.52. The summed E-state index contributed by atoms with van der Waals surface area (Å²) in [5.41, 5.74) is 0.742. The monoisotopic (exact) mass is 321 g/mol. The molecule has 0 radical (unpaired) electrons. The predicted molar refractivity (Wildman–Crippen MR) is 86.6 cm³/mol. The zero-order valence-electron chi connectivity index (χ0n) is 13.6. The molecule has 1 aliphatic carbocycles. The first-order chi connectivity index (χ1) is 10.9. The first-order valence-corrected chi connectivity index (χ1v) is 7.96. The number of amides is 3. The summed E-state index contributed by atoms with van der Waals surface area (Å²) in [5.74, 6) is -0.103.